The highest BCUT2D eigenvalue weighted by molar-refractivity contribution is 5.66. The van der Waals surface area contributed by atoms with Gasteiger partial charge in [-0.25, -0.2) is 4.79 Å². The number of aromatic nitrogens is 5. The van der Waals surface area contributed by atoms with Crippen molar-refractivity contribution in [2.75, 3.05) is 5.73 Å². The summed E-state index contributed by atoms with van der Waals surface area (Å²) in [5, 5.41) is 16.9. The molecule has 27 heavy (non-hydrogen) atoms. The SMILES string of the molecule is Nc1ccn(Cc2ccc(-c3cn(CCCCC(=O)O)nn3)cc2)c(=O)n1. The summed E-state index contributed by atoms with van der Waals surface area (Å²) >= 11 is 0. The lowest BCUT2D eigenvalue weighted by Crippen LogP contribution is -2.23. The van der Waals surface area contributed by atoms with Crippen LogP contribution in [0.25, 0.3) is 11.3 Å². The Balaban J connectivity index is 1.62. The molecule has 0 amide bonds. The maximum Gasteiger partial charge on any atom is 0.349 e. The Morgan fingerprint density at radius 2 is 1.93 bits per heavy atom. The molecule has 3 aromatic rings. The average Bonchev–Trinajstić information content (AvgIpc) is 3.10. The summed E-state index contributed by atoms with van der Waals surface area (Å²) in [4.78, 5) is 26.0. The second-order valence-electron chi connectivity index (χ2n) is 6.18. The third kappa shape index (κ3) is 5.00. The number of nitrogens with two attached hydrogens (primary N) is 1. The number of nitrogens with zero attached hydrogens (tertiary/aromatic N) is 5. The smallest absolute Gasteiger partial charge is 0.349 e. The molecule has 3 rings (SSSR count). The second-order valence-corrected chi connectivity index (χ2v) is 6.18. The standard InChI is InChI=1S/C18H20N6O3/c19-16-8-10-23(18(27)20-16)11-13-4-6-14(7-5-13)15-12-24(22-21-15)9-2-1-3-17(25)26/h4-8,10,12H,1-3,9,11H2,(H,25,26)(H2,19,20,27). The Kier molecular flexibility index (Phi) is 5.60. The number of carboxylic acid groups (broad SMARTS) is 1. The average molecular weight is 368 g/mol. The topological polar surface area (TPSA) is 129 Å². The molecule has 0 fully saturated rings. The van der Waals surface area contributed by atoms with Crippen molar-refractivity contribution in [3.63, 3.8) is 0 Å². The Bertz CT molecular complexity index is 977. The maximum atomic E-state index is 11.8. The summed E-state index contributed by atoms with van der Waals surface area (Å²) < 4.78 is 3.20. The van der Waals surface area contributed by atoms with Gasteiger partial charge in [0.05, 0.1) is 12.7 Å². The summed E-state index contributed by atoms with van der Waals surface area (Å²) in [5.74, 6) is -0.580. The van der Waals surface area contributed by atoms with E-state index in [0.29, 0.717) is 19.5 Å². The van der Waals surface area contributed by atoms with Crippen LogP contribution in [-0.4, -0.2) is 35.6 Å². The van der Waals surface area contributed by atoms with Crippen LogP contribution < -0.4 is 11.4 Å². The van der Waals surface area contributed by atoms with Gasteiger partial charge < -0.3 is 10.8 Å². The van der Waals surface area contributed by atoms with Crippen LogP contribution in [0.1, 0.15) is 24.8 Å². The van der Waals surface area contributed by atoms with Crippen molar-refractivity contribution in [3.05, 3.63) is 58.8 Å². The van der Waals surface area contributed by atoms with Crippen LogP contribution in [0.5, 0.6) is 0 Å². The monoisotopic (exact) mass is 368 g/mol. The van der Waals surface area contributed by atoms with E-state index in [4.69, 9.17) is 10.8 Å². The number of aryl methyl sites for hydroxylation is 1. The number of hydrogen-bond donors (Lipinski definition) is 2. The van der Waals surface area contributed by atoms with E-state index in [1.807, 2.05) is 30.5 Å². The lowest BCUT2D eigenvalue weighted by Gasteiger charge is -2.06. The van der Waals surface area contributed by atoms with Crippen LogP contribution >= 0.6 is 0 Å². The van der Waals surface area contributed by atoms with Gasteiger partial charge in [-0.15, -0.1) is 5.10 Å². The number of aliphatic carboxylic acids is 1. The fraction of sp³-hybridized carbons (Fsp3) is 0.278. The molecule has 0 aliphatic rings. The number of hydrogen-bond acceptors (Lipinski definition) is 6. The van der Waals surface area contributed by atoms with E-state index in [9.17, 15) is 9.59 Å². The predicted molar refractivity (Wildman–Crippen MR) is 99.0 cm³/mol. The van der Waals surface area contributed by atoms with Crippen LogP contribution in [0.3, 0.4) is 0 Å². The minimum atomic E-state index is -0.786. The van der Waals surface area contributed by atoms with Gasteiger partial charge in [0, 0.05) is 24.7 Å². The van der Waals surface area contributed by atoms with E-state index < -0.39 is 5.97 Å². The van der Waals surface area contributed by atoms with Crippen molar-refractivity contribution >= 4 is 11.8 Å². The zero-order valence-electron chi connectivity index (χ0n) is 14.7. The van der Waals surface area contributed by atoms with E-state index in [0.717, 1.165) is 23.2 Å². The van der Waals surface area contributed by atoms with E-state index in [2.05, 4.69) is 15.3 Å². The molecular weight excluding hydrogens is 348 g/mol. The highest BCUT2D eigenvalue weighted by Crippen LogP contribution is 2.17. The fourth-order valence-corrected chi connectivity index (χ4v) is 2.63. The first-order valence-corrected chi connectivity index (χ1v) is 8.55. The normalized spacial score (nSPS) is 10.8. The summed E-state index contributed by atoms with van der Waals surface area (Å²) in [5.41, 5.74) is 7.72. The molecule has 2 aromatic heterocycles. The summed E-state index contributed by atoms with van der Waals surface area (Å²) in [6.45, 7) is 1.04. The first-order valence-electron chi connectivity index (χ1n) is 8.55. The Morgan fingerprint density at radius 3 is 2.63 bits per heavy atom. The first-order chi connectivity index (χ1) is 13.0. The van der Waals surface area contributed by atoms with Gasteiger partial charge >= 0.3 is 11.7 Å². The van der Waals surface area contributed by atoms with Crippen molar-refractivity contribution in [1.82, 2.24) is 24.5 Å². The largest absolute Gasteiger partial charge is 0.481 e. The van der Waals surface area contributed by atoms with Crippen LogP contribution in [0.2, 0.25) is 0 Å². The molecule has 0 unspecified atom stereocenters. The number of anilines is 1. The molecule has 0 bridgehead atoms. The zero-order chi connectivity index (χ0) is 19.2. The number of benzene rings is 1. The van der Waals surface area contributed by atoms with Crippen molar-refractivity contribution in [2.24, 2.45) is 0 Å². The molecule has 9 nitrogen and oxygen atoms in total. The minimum absolute atomic E-state index is 0.162. The molecule has 0 atom stereocenters. The highest BCUT2D eigenvalue weighted by atomic mass is 16.4. The van der Waals surface area contributed by atoms with E-state index in [1.54, 1.807) is 16.9 Å². The Morgan fingerprint density at radius 1 is 1.15 bits per heavy atom. The van der Waals surface area contributed by atoms with E-state index >= 15 is 0 Å². The van der Waals surface area contributed by atoms with Crippen LogP contribution in [-0.2, 0) is 17.9 Å². The van der Waals surface area contributed by atoms with Gasteiger partial charge in [0.1, 0.15) is 11.5 Å². The van der Waals surface area contributed by atoms with Gasteiger partial charge in [-0.05, 0) is 24.5 Å². The molecular formula is C18H20N6O3. The number of rotatable bonds is 8. The van der Waals surface area contributed by atoms with Crippen LogP contribution in [0.15, 0.2) is 47.5 Å². The lowest BCUT2D eigenvalue weighted by molar-refractivity contribution is -0.137. The van der Waals surface area contributed by atoms with E-state index in [-0.39, 0.29) is 17.9 Å². The number of nitrogen functional groups attached to an aromatic ring is 1. The van der Waals surface area contributed by atoms with Gasteiger partial charge in [0.2, 0.25) is 0 Å². The lowest BCUT2D eigenvalue weighted by atomic mass is 10.1. The minimum Gasteiger partial charge on any atom is -0.481 e. The fourth-order valence-electron chi connectivity index (χ4n) is 2.63. The van der Waals surface area contributed by atoms with Crippen molar-refractivity contribution in [2.45, 2.75) is 32.4 Å². The third-order valence-corrected chi connectivity index (χ3v) is 4.06. The summed E-state index contributed by atoms with van der Waals surface area (Å²) in [6, 6.07) is 9.27. The van der Waals surface area contributed by atoms with Gasteiger partial charge in [0.15, 0.2) is 0 Å². The number of carboxylic acids is 1. The number of unbranched alkanes of at least 4 members (excludes halogenated alkanes) is 1. The Labute approximate surface area is 155 Å². The van der Waals surface area contributed by atoms with Crippen molar-refractivity contribution < 1.29 is 9.90 Å². The van der Waals surface area contributed by atoms with Gasteiger partial charge in [-0.2, -0.15) is 4.98 Å². The molecule has 3 N–H and O–H groups in total. The molecule has 0 saturated heterocycles. The third-order valence-electron chi connectivity index (χ3n) is 4.06. The molecule has 0 spiro atoms. The molecule has 9 heteroatoms. The molecule has 0 saturated carbocycles. The molecule has 0 aliphatic carbocycles. The predicted octanol–water partition coefficient (Wildman–Crippen LogP) is 1.39. The zero-order valence-corrected chi connectivity index (χ0v) is 14.7. The summed E-state index contributed by atoms with van der Waals surface area (Å²) in [7, 11) is 0. The maximum absolute atomic E-state index is 11.8. The van der Waals surface area contributed by atoms with Gasteiger partial charge in [-0.1, -0.05) is 29.5 Å². The molecule has 140 valence electrons. The summed E-state index contributed by atoms with van der Waals surface area (Å²) in [6.07, 6.45) is 4.96. The van der Waals surface area contributed by atoms with Gasteiger partial charge in [0.25, 0.3) is 0 Å². The first kappa shape index (κ1) is 18.3. The van der Waals surface area contributed by atoms with Crippen molar-refractivity contribution in [1.29, 1.82) is 0 Å². The van der Waals surface area contributed by atoms with Gasteiger partial charge in [-0.3, -0.25) is 14.0 Å². The molecule has 0 radical (unpaired) electrons. The second kappa shape index (κ2) is 8.26. The number of carbonyl (C=O) groups is 1. The van der Waals surface area contributed by atoms with Crippen LogP contribution in [0.4, 0.5) is 5.82 Å². The molecule has 1 aromatic carbocycles. The quantitative estimate of drug-likeness (QED) is 0.575. The van der Waals surface area contributed by atoms with E-state index in [1.165, 1.54) is 4.57 Å². The highest BCUT2D eigenvalue weighted by Gasteiger charge is 2.06. The Hall–Kier alpha value is -3.49. The van der Waals surface area contributed by atoms with Crippen LogP contribution in [0, 0.1) is 0 Å². The molecule has 2 heterocycles. The van der Waals surface area contributed by atoms with Crippen molar-refractivity contribution in [3.8, 4) is 11.3 Å². The molecule has 0 aliphatic heterocycles.